The zero-order valence-electron chi connectivity index (χ0n) is 10.7. The van der Waals surface area contributed by atoms with Crippen molar-refractivity contribution in [3.63, 3.8) is 0 Å². The summed E-state index contributed by atoms with van der Waals surface area (Å²) in [5, 5.41) is 4.27. The van der Waals surface area contributed by atoms with Crippen LogP contribution in [-0.4, -0.2) is 23.3 Å². The molecule has 0 bridgehead atoms. The van der Waals surface area contributed by atoms with Crippen molar-refractivity contribution in [1.29, 1.82) is 0 Å². The first kappa shape index (κ1) is 13.6. The Balaban J connectivity index is 2.20. The van der Waals surface area contributed by atoms with Gasteiger partial charge in [0.15, 0.2) is 0 Å². The van der Waals surface area contributed by atoms with Gasteiger partial charge in [-0.15, -0.1) is 0 Å². The summed E-state index contributed by atoms with van der Waals surface area (Å²) in [7, 11) is 0. The summed E-state index contributed by atoms with van der Waals surface area (Å²) in [5.74, 6) is 1.98. The quantitative estimate of drug-likeness (QED) is 0.745. The molecular weight excluding hydrogens is 220 g/mol. The molecule has 0 aliphatic carbocycles. The van der Waals surface area contributed by atoms with Crippen LogP contribution in [0.4, 0.5) is 0 Å². The summed E-state index contributed by atoms with van der Waals surface area (Å²) in [6.45, 7) is 9.45. The van der Waals surface area contributed by atoms with Crippen LogP contribution in [0.1, 0.15) is 38.1 Å². The highest BCUT2D eigenvalue weighted by Gasteiger charge is 2.07. The number of thioether (sulfide) groups is 1. The Morgan fingerprint density at radius 3 is 2.75 bits per heavy atom. The first-order valence-corrected chi connectivity index (χ1v) is 6.92. The molecule has 0 aromatic carbocycles. The van der Waals surface area contributed by atoms with Gasteiger partial charge in [0.05, 0.1) is 5.69 Å². The molecule has 3 nitrogen and oxygen atoms in total. The number of hydrogen-bond donors (Lipinski definition) is 1. The third-order valence-electron chi connectivity index (χ3n) is 2.53. The zero-order chi connectivity index (χ0) is 12.0. The number of rotatable bonds is 7. The second kappa shape index (κ2) is 6.97. The molecule has 0 saturated carbocycles. The molecule has 1 N–H and O–H groups in total. The van der Waals surface area contributed by atoms with Gasteiger partial charge in [-0.05, 0) is 40.2 Å². The Bertz CT molecular complexity index is 292. The number of aryl methyl sites for hydroxylation is 2. The lowest BCUT2D eigenvalue weighted by atomic mass is 10.2. The highest BCUT2D eigenvalue weighted by molar-refractivity contribution is 7.99. The van der Waals surface area contributed by atoms with Crippen LogP contribution in [0.5, 0.6) is 0 Å². The van der Waals surface area contributed by atoms with E-state index < -0.39 is 0 Å². The number of hydrogen-bond acceptors (Lipinski definition) is 4. The van der Waals surface area contributed by atoms with Gasteiger partial charge in [0.1, 0.15) is 5.76 Å². The minimum absolute atomic E-state index is 0.574. The lowest BCUT2D eigenvalue weighted by Gasteiger charge is -2.11. The van der Waals surface area contributed by atoms with Crippen LogP contribution in [-0.2, 0) is 0 Å². The minimum Gasteiger partial charge on any atom is -0.437 e. The molecule has 16 heavy (non-hydrogen) atoms. The highest BCUT2D eigenvalue weighted by atomic mass is 32.2. The Labute approximate surface area is 102 Å². The Hall–Kier alpha value is -0.480. The van der Waals surface area contributed by atoms with Gasteiger partial charge in [-0.1, -0.05) is 18.7 Å². The maximum absolute atomic E-state index is 5.51. The molecular formula is C12H22N2OS. The van der Waals surface area contributed by atoms with Crippen LogP contribution in [0.2, 0.25) is 0 Å². The molecule has 1 aromatic rings. The van der Waals surface area contributed by atoms with Crippen molar-refractivity contribution in [2.24, 2.45) is 0 Å². The van der Waals surface area contributed by atoms with Gasteiger partial charge in [-0.25, -0.2) is 4.98 Å². The SMILES string of the molecule is CCCNC(C)CCSc1nc(C)c(C)o1. The van der Waals surface area contributed by atoms with Gasteiger partial charge in [0.2, 0.25) is 0 Å². The smallest absolute Gasteiger partial charge is 0.256 e. The van der Waals surface area contributed by atoms with Crippen LogP contribution in [0.3, 0.4) is 0 Å². The molecule has 4 heteroatoms. The van der Waals surface area contributed by atoms with E-state index >= 15 is 0 Å². The predicted octanol–water partition coefficient (Wildman–Crippen LogP) is 3.16. The Morgan fingerprint density at radius 2 is 2.19 bits per heavy atom. The van der Waals surface area contributed by atoms with E-state index in [-0.39, 0.29) is 0 Å². The Kier molecular flexibility index (Phi) is 5.91. The number of aromatic nitrogens is 1. The monoisotopic (exact) mass is 242 g/mol. The standard InChI is InChI=1S/C12H22N2OS/c1-5-7-13-9(2)6-8-16-12-14-10(3)11(4)15-12/h9,13H,5-8H2,1-4H3. The van der Waals surface area contributed by atoms with Crippen molar-refractivity contribution >= 4 is 11.8 Å². The van der Waals surface area contributed by atoms with E-state index in [0.29, 0.717) is 6.04 Å². The fraction of sp³-hybridized carbons (Fsp3) is 0.750. The Morgan fingerprint density at radius 1 is 1.44 bits per heavy atom. The van der Waals surface area contributed by atoms with Gasteiger partial charge in [-0.2, -0.15) is 0 Å². The van der Waals surface area contributed by atoms with E-state index in [1.165, 1.54) is 6.42 Å². The third-order valence-corrected chi connectivity index (χ3v) is 3.39. The molecule has 0 fully saturated rings. The second-order valence-corrected chi connectivity index (χ2v) is 5.16. The van der Waals surface area contributed by atoms with Crippen LogP contribution >= 0.6 is 11.8 Å². The van der Waals surface area contributed by atoms with Gasteiger partial charge >= 0.3 is 0 Å². The lowest BCUT2D eigenvalue weighted by Crippen LogP contribution is -2.27. The average Bonchev–Trinajstić information content (AvgIpc) is 2.55. The third kappa shape index (κ3) is 4.58. The average molecular weight is 242 g/mol. The largest absolute Gasteiger partial charge is 0.437 e. The fourth-order valence-electron chi connectivity index (χ4n) is 1.32. The van der Waals surface area contributed by atoms with Crippen LogP contribution in [0, 0.1) is 13.8 Å². The number of nitrogens with zero attached hydrogens (tertiary/aromatic N) is 1. The predicted molar refractivity (Wildman–Crippen MR) is 69.1 cm³/mol. The molecule has 1 aromatic heterocycles. The highest BCUT2D eigenvalue weighted by Crippen LogP contribution is 2.21. The maximum atomic E-state index is 5.51. The molecule has 0 spiro atoms. The molecule has 1 unspecified atom stereocenters. The van der Waals surface area contributed by atoms with E-state index in [9.17, 15) is 0 Å². The second-order valence-electron chi connectivity index (χ2n) is 4.11. The van der Waals surface area contributed by atoms with E-state index in [0.717, 1.165) is 35.4 Å². The van der Waals surface area contributed by atoms with E-state index in [1.807, 2.05) is 13.8 Å². The maximum Gasteiger partial charge on any atom is 0.256 e. The van der Waals surface area contributed by atoms with Crippen LogP contribution in [0.15, 0.2) is 9.64 Å². The van der Waals surface area contributed by atoms with Crippen molar-refractivity contribution in [3.8, 4) is 0 Å². The molecule has 0 amide bonds. The molecule has 0 radical (unpaired) electrons. The summed E-state index contributed by atoms with van der Waals surface area (Å²) in [6, 6.07) is 0.574. The number of oxazole rings is 1. The van der Waals surface area contributed by atoms with Crippen LogP contribution < -0.4 is 5.32 Å². The molecule has 0 aliphatic rings. The molecule has 0 aliphatic heterocycles. The first-order valence-electron chi connectivity index (χ1n) is 5.93. The minimum atomic E-state index is 0.574. The topological polar surface area (TPSA) is 38.1 Å². The van der Waals surface area contributed by atoms with Crippen LogP contribution in [0.25, 0.3) is 0 Å². The molecule has 1 atom stereocenters. The zero-order valence-corrected chi connectivity index (χ0v) is 11.5. The molecule has 1 rings (SSSR count). The summed E-state index contributed by atoms with van der Waals surface area (Å²) >= 11 is 1.70. The molecule has 1 heterocycles. The van der Waals surface area contributed by atoms with E-state index in [4.69, 9.17) is 4.42 Å². The summed E-state index contributed by atoms with van der Waals surface area (Å²) in [5.41, 5.74) is 1.000. The summed E-state index contributed by atoms with van der Waals surface area (Å²) in [4.78, 5) is 4.35. The van der Waals surface area contributed by atoms with Gasteiger partial charge in [0.25, 0.3) is 5.22 Å². The lowest BCUT2D eigenvalue weighted by molar-refractivity contribution is 0.430. The molecule has 92 valence electrons. The van der Waals surface area contributed by atoms with Gasteiger partial charge < -0.3 is 9.73 Å². The molecule has 0 saturated heterocycles. The normalized spacial score (nSPS) is 13.0. The summed E-state index contributed by atoms with van der Waals surface area (Å²) in [6.07, 6.45) is 2.33. The fourth-order valence-corrected chi connectivity index (χ4v) is 2.35. The van der Waals surface area contributed by atoms with Crippen molar-refractivity contribution in [2.75, 3.05) is 12.3 Å². The van der Waals surface area contributed by atoms with Crippen molar-refractivity contribution in [3.05, 3.63) is 11.5 Å². The van der Waals surface area contributed by atoms with E-state index in [1.54, 1.807) is 11.8 Å². The van der Waals surface area contributed by atoms with E-state index in [2.05, 4.69) is 24.1 Å². The summed E-state index contributed by atoms with van der Waals surface area (Å²) < 4.78 is 5.51. The first-order chi connectivity index (χ1) is 7.63. The van der Waals surface area contributed by atoms with Crippen molar-refractivity contribution in [1.82, 2.24) is 10.3 Å². The van der Waals surface area contributed by atoms with Crippen molar-refractivity contribution in [2.45, 2.75) is 51.8 Å². The van der Waals surface area contributed by atoms with Crippen molar-refractivity contribution < 1.29 is 4.42 Å². The number of nitrogens with one attached hydrogen (secondary N) is 1. The van der Waals surface area contributed by atoms with Gasteiger partial charge in [0, 0.05) is 11.8 Å². The van der Waals surface area contributed by atoms with Gasteiger partial charge in [-0.3, -0.25) is 0 Å².